The maximum atomic E-state index is 13.5. The number of hydrogen-bond donors (Lipinski definition) is 0. The zero-order valence-electron chi connectivity index (χ0n) is 10.5. The molecular formula is C12H24FNO. The van der Waals surface area contributed by atoms with Gasteiger partial charge in [-0.15, -0.1) is 0 Å². The van der Waals surface area contributed by atoms with Crippen molar-refractivity contribution in [3.8, 4) is 0 Å². The first-order valence-electron chi connectivity index (χ1n) is 5.84. The molecule has 0 aromatic heterocycles. The van der Waals surface area contributed by atoms with E-state index in [2.05, 4.69) is 25.7 Å². The van der Waals surface area contributed by atoms with Crippen LogP contribution >= 0.6 is 0 Å². The fourth-order valence-corrected chi connectivity index (χ4v) is 1.72. The lowest BCUT2D eigenvalue weighted by Gasteiger charge is -2.34. The van der Waals surface area contributed by atoms with Gasteiger partial charge in [0.15, 0.2) is 0 Å². The van der Waals surface area contributed by atoms with Gasteiger partial charge in [-0.2, -0.15) is 0 Å². The third-order valence-electron chi connectivity index (χ3n) is 2.84. The van der Waals surface area contributed by atoms with E-state index in [4.69, 9.17) is 4.74 Å². The smallest absolute Gasteiger partial charge is 0.110 e. The van der Waals surface area contributed by atoms with E-state index in [-0.39, 0.29) is 5.60 Å². The van der Waals surface area contributed by atoms with E-state index in [0.29, 0.717) is 12.8 Å². The SMILES string of the molecule is CC1(F)CCN(CCOC(C)(C)C)CC1. The largest absolute Gasteiger partial charge is 0.375 e. The van der Waals surface area contributed by atoms with Crippen molar-refractivity contribution in [3.05, 3.63) is 0 Å². The van der Waals surface area contributed by atoms with Crippen molar-refractivity contribution < 1.29 is 9.13 Å². The van der Waals surface area contributed by atoms with Gasteiger partial charge in [0, 0.05) is 19.6 Å². The van der Waals surface area contributed by atoms with Crippen LogP contribution in [0, 0.1) is 0 Å². The highest BCUT2D eigenvalue weighted by Crippen LogP contribution is 2.25. The van der Waals surface area contributed by atoms with Gasteiger partial charge >= 0.3 is 0 Å². The van der Waals surface area contributed by atoms with Crippen LogP contribution in [0.25, 0.3) is 0 Å². The summed E-state index contributed by atoms with van der Waals surface area (Å²) in [6, 6.07) is 0. The molecule has 0 N–H and O–H groups in total. The van der Waals surface area contributed by atoms with Gasteiger partial charge in [0.25, 0.3) is 0 Å². The van der Waals surface area contributed by atoms with Crippen molar-refractivity contribution in [2.24, 2.45) is 0 Å². The number of ether oxygens (including phenoxy) is 1. The monoisotopic (exact) mass is 217 g/mol. The van der Waals surface area contributed by atoms with Crippen LogP contribution in [0.15, 0.2) is 0 Å². The molecule has 3 heteroatoms. The second-order valence-electron chi connectivity index (χ2n) is 5.72. The molecule has 0 radical (unpaired) electrons. The summed E-state index contributed by atoms with van der Waals surface area (Å²) in [5.41, 5.74) is -1.01. The number of likely N-dealkylation sites (tertiary alicyclic amines) is 1. The van der Waals surface area contributed by atoms with E-state index in [1.807, 2.05) is 0 Å². The van der Waals surface area contributed by atoms with Crippen LogP contribution in [0.1, 0.15) is 40.5 Å². The van der Waals surface area contributed by atoms with Gasteiger partial charge in [-0.05, 0) is 40.5 Å². The first-order valence-corrected chi connectivity index (χ1v) is 5.84. The van der Waals surface area contributed by atoms with Crippen molar-refractivity contribution in [2.45, 2.75) is 51.8 Å². The van der Waals surface area contributed by atoms with Crippen LogP contribution in [-0.2, 0) is 4.74 Å². The Balaban J connectivity index is 2.14. The fraction of sp³-hybridized carbons (Fsp3) is 1.00. The molecule has 0 bridgehead atoms. The molecule has 1 fully saturated rings. The summed E-state index contributed by atoms with van der Waals surface area (Å²) < 4.78 is 19.1. The van der Waals surface area contributed by atoms with Gasteiger partial charge in [0.1, 0.15) is 5.67 Å². The maximum absolute atomic E-state index is 13.5. The number of piperidine rings is 1. The fourth-order valence-electron chi connectivity index (χ4n) is 1.72. The van der Waals surface area contributed by atoms with Crippen molar-refractivity contribution in [2.75, 3.05) is 26.2 Å². The third kappa shape index (κ3) is 5.47. The predicted molar refractivity (Wildman–Crippen MR) is 60.9 cm³/mol. The Bertz CT molecular complexity index is 188. The molecule has 0 spiro atoms. The van der Waals surface area contributed by atoms with Crippen LogP contribution < -0.4 is 0 Å². The minimum absolute atomic E-state index is 0.0651. The second-order valence-corrected chi connectivity index (χ2v) is 5.72. The summed E-state index contributed by atoms with van der Waals surface area (Å²) in [6.45, 7) is 11.3. The minimum Gasteiger partial charge on any atom is -0.375 e. The molecule has 2 nitrogen and oxygen atoms in total. The van der Waals surface area contributed by atoms with Crippen LogP contribution in [0.5, 0.6) is 0 Å². The lowest BCUT2D eigenvalue weighted by Crippen LogP contribution is -2.42. The average molecular weight is 217 g/mol. The molecule has 1 aliphatic rings. The number of nitrogens with zero attached hydrogens (tertiary/aromatic N) is 1. The highest BCUT2D eigenvalue weighted by molar-refractivity contribution is 4.81. The lowest BCUT2D eigenvalue weighted by molar-refractivity contribution is -0.0215. The summed E-state index contributed by atoms with van der Waals surface area (Å²) >= 11 is 0. The van der Waals surface area contributed by atoms with Gasteiger partial charge in [0.05, 0.1) is 12.2 Å². The summed E-state index contributed by atoms with van der Waals surface area (Å²) in [7, 11) is 0. The highest BCUT2D eigenvalue weighted by atomic mass is 19.1. The molecule has 0 amide bonds. The van der Waals surface area contributed by atoms with Crippen molar-refractivity contribution in [3.63, 3.8) is 0 Å². The Morgan fingerprint density at radius 3 is 2.27 bits per heavy atom. The first kappa shape index (κ1) is 12.9. The molecule has 1 rings (SSSR count). The first-order chi connectivity index (χ1) is 6.79. The van der Waals surface area contributed by atoms with E-state index in [1.54, 1.807) is 6.92 Å². The van der Waals surface area contributed by atoms with Crippen LogP contribution in [0.3, 0.4) is 0 Å². The van der Waals surface area contributed by atoms with Crippen molar-refractivity contribution in [1.82, 2.24) is 4.90 Å². The normalized spacial score (nSPS) is 23.0. The number of rotatable bonds is 3. The lowest BCUT2D eigenvalue weighted by atomic mass is 9.96. The van der Waals surface area contributed by atoms with Crippen molar-refractivity contribution >= 4 is 0 Å². The molecule has 1 heterocycles. The molecule has 1 aliphatic heterocycles. The molecular weight excluding hydrogens is 193 g/mol. The van der Waals surface area contributed by atoms with Gasteiger partial charge in [0.2, 0.25) is 0 Å². The molecule has 15 heavy (non-hydrogen) atoms. The Hall–Kier alpha value is -0.150. The second kappa shape index (κ2) is 4.79. The molecule has 0 unspecified atom stereocenters. The molecule has 0 aromatic carbocycles. The molecule has 0 aliphatic carbocycles. The van der Waals surface area contributed by atoms with E-state index >= 15 is 0 Å². The van der Waals surface area contributed by atoms with Gasteiger partial charge in [-0.25, -0.2) is 4.39 Å². The van der Waals surface area contributed by atoms with E-state index in [1.165, 1.54) is 0 Å². The van der Waals surface area contributed by atoms with Gasteiger partial charge in [-0.1, -0.05) is 0 Å². The molecule has 90 valence electrons. The zero-order chi connectivity index (χ0) is 11.5. The third-order valence-corrected chi connectivity index (χ3v) is 2.84. The topological polar surface area (TPSA) is 12.5 Å². The van der Waals surface area contributed by atoms with Crippen LogP contribution in [0.2, 0.25) is 0 Å². The summed E-state index contributed by atoms with van der Waals surface area (Å²) in [4.78, 5) is 2.28. The van der Waals surface area contributed by atoms with Gasteiger partial charge in [-0.3, -0.25) is 0 Å². The van der Waals surface area contributed by atoms with Crippen LogP contribution in [-0.4, -0.2) is 42.4 Å². The quantitative estimate of drug-likeness (QED) is 0.720. The summed E-state index contributed by atoms with van der Waals surface area (Å²) in [6.07, 6.45) is 1.31. The maximum Gasteiger partial charge on any atom is 0.110 e. The number of hydrogen-bond acceptors (Lipinski definition) is 2. The van der Waals surface area contributed by atoms with E-state index in [9.17, 15) is 4.39 Å². The number of alkyl halides is 1. The molecule has 1 saturated heterocycles. The molecule has 0 aromatic rings. The van der Waals surface area contributed by atoms with Crippen molar-refractivity contribution in [1.29, 1.82) is 0 Å². The van der Waals surface area contributed by atoms with Crippen LogP contribution in [0.4, 0.5) is 4.39 Å². The van der Waals surface area contributed by atoms with Gasteiger partial charge < -0.3 is 9.64 Å². The zero-order valence-corrected chi connectivity index (χ0v) is 10.5. The Morgan fingerprint density at radius 2 is 1.80 bits per heavy atom. The Morgan fingerprint density at radius 1 is 1.27 bits per heavy atom. The molecule has 0 atom stereocenters. The Labute approximate surface area is 92.8 Å². The summed E-state index contributed by atoms with van der Waals surface area (Å²) in [5, 5.41) is 0. The Kier molecular flexibility index (Phi) is 4.13. The highest BCUT2D eigenvalue weighted by Gasteiger charge is 2.29. The van der Waals surface area contributed by atoms with E-state index < -0.39 is 5.67 Å². The minimum atomic E-state index is -0.943. The predicted octanol–water partition coefficient (Wildman–Crippen LogP) is 2.63. The average Bonchev–Trinajstić information content (AvgIpc) is 2.06. The summed E-state index contributed by atoms with van der Waals surface area (Å²) in [5.74, 6) is 0. The standard InChI is InChI=1S/C12H24FNO/c1-11(2,3)15-10-9-14-7-5-12(4,13)6-8-14/h5-10H2,1-4H3. The number of halogens is 1. The van der Waals surface area contributed by atoms with E-state index in [0.717, 1.165) is 26.2 Å². The molecule has 0 saturated carbocycles.